The van der Waals surface area contributed by atoms with Gasteiger partial charge < -0.3 is 5.32 Å². The molecule has 1 aromatic rings. The van der Waals surface area contributed by atoms with Gasteiger partial charge in [-0.3, -0.25) is 4.68 Å². The van der Waals surface area contributed by atoms with Crippen LogP contribution in [-0.2, 0) is 13.1 Å². The first kappa shape index (κ1) is 9.26. The van der Waals surface area contributed by atoms with Crippen LogP contribution in [0.25, 0.3) is 0 Å². The molecule has 0 fully saturated rings. The molecule has 1 N–H and O–H groups in total. The average molecular weight is 167 g/mol. The summed E-state index contributed by atoms with van der Waals surface area (Å²) in [6.45, 7) is 6.30. The molecule has 0 aliphatic rings. The van der Waals surface area contributed by atoms with E-state index in [0.29, 0.717) is 5.92 Å². The van der Waals surface area contributed by atoms with Crippen LogP contribution in [0.1, 0.15) is 19.5 Å². The predicted molar refractivity (Wildman–Crippen MR) is 49.8 cm³/mol. The maximum atomic E-state index is 4.25. The van der Waals surface area contributed by atoms with Crippen LogP contribution in [0.4, 0.5) is 0 Å². The molecule has 1 aromatic heterocycles. The monoisotopic (exact) mass is 167 g/mol. The van der Waals surface area contributed by atoms with Gasteiger partial charge in [0.05, 0.1) is 5.69 Å². The lowest BCUT2D eigenvalue weighted by Crippen LogP contribution is -2.14. The van der Waals surface area contributed by atoms with Crippen molar-refractivity contribution in [3.05, 3.63) is 18.0 Å². The molecule has 0 saturated carbocycles. The van der Waals surface area contributed by atoms with Crippen molar-refractivity contribution in [3.63, 3.8) is 0 Å². The lowest BCUT2D eigenvalue weighted by Gasteiger charge is -2.08. The maximum absolute atomic E-state index is 4.25. The predicted octanol–water partition coefficient (Wildman–Crippen LogP) is 1.26. The summed E-state index contributed by atoms with van der Waals surface area (Å²) in [5, 5.41) is 7.37. The van der Waals surface area contributed by atoms with Gasteiger partial charge in [-0.2, -0.15) is 5.10 Å². The van der Waals surface area contributed by atoms with E-state index in [4.69, 9.17) is 0 Å². The molecule has 68 valence electrons. The quantitative estimate of drug-likeness (QED) is 0.731. The van der Waals surface area contributed by atoms with Crippen molar-refractivity contribution in [2.24, 2.45) is 5.92 Å². The molecule has 0 unspecified atom stereocenters. The normalized spacial score (nSPS) is 11.0. The van der Waals surface area contributed by atoms with Gasteiger partial charge in [0, 0.05) is 19.3 Å². The number of nitrogens with one attached hydrogen (secondary N) is 1. The van der Waals surface area contributed by atoms with Crippen molar-refractivity contribution in [1.82, 2.24) is 15.1 Å². The van der Waals surface area contributed by atoms with Crippen LogP contribution < -0.4 is 5.32 Å². The second kappa shape index (κ2) is 4.26. The zero-order valence-corrected chi connectivity index (χ0v) is 8.04. The van der Waals surface area contributed by atoms with Crippen LogP contribution in [0, 0.1) is 5.92 Å². The Bertz CT molecular complexity index is 227. The molecule has 0 radical (unpaired) electrons. The van der Waals surface area contributed by atoms with Crippen LogP contribution in [-0.4, -0.2) is 16.8 Å². The van der Waals surface area contributed by atoms with Crippen molar-refractivity contribution in [2.45, 2.75) is 26.9 Å². The van der Waals surface area contributed by atoms with Gasteiger partial charge in [-0.25, -0.2) is 0 Å². The number of hydrogen-bond acceptors (Lipinski definition) is 2. The first-order valence-electron chi connectivity index (χ1n) is 4.39. The van der Waals surface area contributed by atoms with Crippen LogP contribution in [0.15, 0.2) is 12.3 Å². The number of rotatable bonds is 4. The molecule has 3 heteroatoms. The van der Waals surface area contributed by atoms with Crippen LogP contribution in [0.5, 0.6) is 0 Å². The first-order chi connectivity index (χ1) is 5.74. The van der Waals surface area contributed by atoms with E-state index in [1.807, 2.05) is 13.2 Å². The smallest absolute Gasteiger partial charge is 0.0522 e. The Morgan fingerprint density at radius 3 is 2.92 bits per heavy atom. The van der Waals surface area contributed by atoms with E-state index in [9.17, 15) is 0 Å². The Balaban J connectivity index is 2.63. The standard InChI is InChI=1S/C9H17N3/c1-8(2)7-12-9(6-10-3)4-5-11-12/h4-5,8,10H,6-7H2,1-3H3. The van der Waals surface area contributed by atoms with Gasteiger partial charge in [0.15, 0.2) is 0 Å². The Morgan fingerprint density at radius 1 is 1.58 bits per heavy atom. The largest absolute Gasteiger partial charge is 0.314 e. The van der Waals surface area contributed by atoms with E-state index in [1.54, 1.807) is 0 Å². The molecule has 0 aliphatic heterocycles. The Kier molecular flexibility index (Phi) is 3.29. The molecule has 0 aliphatic carbocycles. The molecule has 0 spiro atoms. The lowest BCUT2D eigenvalue weighted by molar-refractivity contribution is 0.464. The highest BCUT2D eigenvalue weighted by Crippen LogP contribution is 2.02. The van der Waals surface area contributed by atoms with E-state index in [-0.39, 0.29) is 0 Å². The molecule has 0 atom stereocenters. The van der Waals surface area contributed by atoms with Gasteiger partial charge >= 0.3 is 0 Å². The average Bonchev–Trinajstić information content (AvgIpc) is 2.37. The number of nitrogens with zero attached hydrogens (tertiary/aromatic N) is 2. The van der Waals surface area contributed by atoms with Gasteiger partial charge in [0.1, 0.15) is 0 Å². The van der Waals surface area contributed by atoms with Crippen molar-refractivity contribution < 1.29 is 0 Å². The van der Waals surface area contributed by atoms with Gasteiger partial charge in [-0.15, -0.1) is 0 Å². The highest BCUT2D eigenvalue weighted by atomic mass is 15.3. The molecular formula is C9H17N3. The van der Waals surface area contributed by atoms with Crippen molar-refractivity contribution >= 4 is 0 Å². The summed E-state index contributed by atoms with van der Waals surface area (Å²) >= 11 is 0. The molecule has 3 nitrogen and oxygen atoms in total. The fraction of sp³-hybridized carbons (Fsp3) is 0.667. The van der Waals surface area contributed by atoms with Crippen LogP contribution in [0.2, 0.25) is 0 Å². The third-order valence-electron chi connectivity index (χ3n) is 1.70. The molecule has 0 amide bonds. The van der Waals surface area contributed by atoms with E-state index in [2.05, 4.69) is 35.0 Å². The zero-order chi connectivity index (χ0) is 8.97. The van der Waals surface area contributed by atoms with E-state index >= 15 is 0 Å². The first-order valence-corrected chi connectivity index (χ1v) is 4.39. The highest BCUT2D eigenvalue weighted by Gasteiger charge is 2.02. The molecule has 12 heavy (non-hydrogen) atoms. The second-order valence-electron chi connectivity index (χ2n) is 3.43. The topological polar surface area (TPSA) is 29.9 Å². The summed E-state index contributed by atoms with van der Waals surface area (Å²) in [7, 11) is 1.95. The summed E-state index contributed by atoms with van der Waals surface area (Å²) in [4.78, 5) is 0. The SMILES string of the molecule is CNCc1ccnn1CC(C)C. The van der Waals surface area contributed by atoms with Crippen LogP contribution in [0.3, 0.4) is 0 Å². The van der Waals surface area contributed by atoms with Gasteiger partial charge in [0.2, 0.25) is 0 Å². The zero-order valence-electron chi connectivity index (χ0n) is 8.04. The van der Waals surface area contributed by atoms with E-state index in [1.165, 1.54) is 5.69 Å². The van der Waals surface area contributed by atoms with Crippen molar-refractivity contribution in [1.29, 1.82) is 0 Å². The third kappa shape index (κ3) is 2.34. The summed E-state index contributed by atoms with van der Waals surface area (Å²) in [6.07, 6.45) is 1.86. The minimum Gasteiger partial charge on any atom is -0.314 e. The highest BCUT2D eigenvalue weighted by molar-refractivity contribution is 4.99. The fourth-order valence-corrected chi connectivity index (χ4v) is 1.20. The summed E-state index contributed by atoms with van der Waals surface area (Å²) in [5.41, 5.74) is 1.26. The summed E-state index contributed by atoms with van der Waals surface area (Å²) in [5.74, 6) is 0.653. The maximum Gasteiger partial charge on any atom is 0.0522 e. The number of hydrogen-bond donors (Lipinski definition) is 1. The minimum absolute atomic E-state index is 0.653. The second-order valence-corrected chi connectivity index (χ2v) is 3.43. The molecule has 0 bridgehead atoms. The van der Waals surface area contributed by atoms with Gasteiger partial charge in [-0.1, -0.05) is 13.8 Å². The molecule has 0 aromatic carbocycles. The molecular weight excluding hydrogens is 150 g/mol. The molecule has 0 saturated heterocycles. The Morgan fingerprint density at radius 2 is 2.33 bits per heavy atom. The number of aromatic nitrogens is 2. The van der Waals surface area contributed by atoms with Gasteiger partial charge in [-0.05, 0) is 19.0 Å². The van der Waals surface area contributed by atoms with E-state index < -0.39 is 0 Å². The van der Waals surface area contributed by atoms with E-state index in [0.717, 1.165) is 13.1 Å². The molecule has 1 rings (SSSR count). The fourth-order valence-electron chi connectivity index (χ4n) is 1.20. The lowest BCUT2D eigenvalue weighted by atomic mass is 10.2. The Hall–Kier alpha value is -0.830. The van der Waals surface area contributed by atoms with Crippen LogP contribution >= 0.6 is 0 Å². The molecule has 1 heterocycles. The third-order valence-corrected chi connectivity index (χ3v) is 1.70. The van der Waals surface area contributed by atoms with Crippen molar-refractivity contribution in [3.8, 4) is 0 Å². The Labute approximate surface area is 73.8 Å². The van der Waals surface area contributed by atoms with Crippen molar-refractivity contribution in [2.75, 3.05) is 7.05 Å². The summed E-state index contributed by atoms with van der Waals surface area (Å²) in [6, 6.07) is 2.05. The summed E-state index contributed by atoms with van der Waals surface area (Å²) < 4.78 is 2.06. The minimum atomic E-state index is 0.653. The van der Waals surface area contributed by atoms with Gasteiger partial charge in [0.25, 0.3) is 0 Å².